The lowest BCUT2D eigenvalue weighted by Gasteiger charge is -2.27. The van der Waals surface area contributed by atoms with E-state index in [0.717, 1.165) is 25.4 Å². The number of nitrogens with one attached hydrogen (secondary N) is 2. The monoisotopic (exact) mass is 335 g/mol. The molecule has 8 nitrogen and oxygen atoms in total. The molecular weight excluding hydrogens is 310 g/mol. The first kappa shape index (κ1) is 16.9. The van der Waals surface area contributed by atoms with Gasteiger partial charge in [-0.05, 0) is 20.3 Å². The Kier molecular flexibility index (Phi) is 5.15. The van der Waals surface area contributed by atoms with Crippen molar-refractivity contribution in [2.45, 2.75) is 44.8 Å². The molecule has 2 saturated heterocycles. The molecule has 0 saturated carbocycles. The summed E-state index contributed by atoms with van der Waals surface area (Å²) in [4.78, 5) is 25.4. The fourth-order valence-corrected chi connectivity index (χ4v) is 3.09. The minimum atomic E-state index is -0.391. The first-order chi connectivity index (χ1) is 11.5. The van der Waals surface area contributed by atoms with Gasteiger partial charge in [0, 0.05) is 31.7 Å². The van der Waals surface area contributed by atoms with Gasteiger partial charge < -0.3 is 10.1 Å². The zero-order chi connectivity index (χ0) is 17.1. The Bertz CT molecular complexity index is 600. The average molecular weight is 335 g/mol. The average Bonchev–Trinajstić information content (AvgIpc) is 2.85. The van der Waals surface area contributed by atoms with Crippen LogP contribution in [0.25, 0.3) is 0 Å². The molecule has 2 amide bonds. The van der Waals surface area contributed by atoms with Crippen molar-refractivity contribution in [2.75, 3.05) is 31.6 Å². The summed E-state index contributed by atoms with van der Waals surface area (Å²) in [5.41, 5.74) is 0.782. The van der Waals surface area contributed by atoms with Crippen LogP contribution in [0.3, 0.4) is 0 Å². The first-order valence-corrected chi connectivity index (χ1v) is 8.49. The van der Waals surface area contributed by atoms with Gasteiger partial charge in [-0.3, -0.25) is 24.5 Å². The molecule has 1 aromatic rings. The lowest BCUT2D eigenvalue weighted by molar-refractivity contribution is -0.133. The lowest BCUT2D eigenvalue weighted by atomic mass is 10.1. The number of rotatable bonds is 4. The van der Waals surface area contributed by atoms with Crippen LogP contribution in [0.5, 0.6) is 0 Å². The van der Waals surface area contributed by atoms with Crippen molar-refractivity contribution >= 4 is 17.5 Å². The van der Waals surface area contributed by atoms with Crippen molar-refractivity contribution in [1.29, 1.82) is 0 Å². The molecule has 0 bridgehead atoms. The van der Waals surface area contributed by atoms with Crippen LogP contribution in [0.4, 0.5) is 5.69 Å². The van der Waals surface area contributed by atoms with Crippen LogP contribution >= 0.6 is 0 Å². The number of hydrogen-bond acceptors (Lipinski definition) is 6. The number of carbonyl (C=O) groups excluding carboxylic acids is 2. The summed E-state index contributed by atoms with van der Waals surface area (Å²) in [6.07, 6.45) is 4.48. The molecule has 132 valence electrons. The van der Waals surface area contributed by atoms with E-state index >= 15 is 0 Å². The van der Waals surface area contributed by atoms with Crippen molar-refractivity contribution in [3.8, 4) is 0 Å². The molecule has 0 spiro atoms. The van der Waals surface area contributed by atoms with Gasteiger partial charge in [0.05, 0.1) is 31.1 Å². The van der Waals surface area contributed by atoms with Gasteiger partial charge in [0.2, 0.25) is 11.8 Å². The number of anilines is 1. The minimum absolute atomic E-state index is 0.146. The Morgan fingerprint density at radius 2 is 2.25 bits per heavy atom. The summed E-state index contributed by atoms with van der Waals surface area (Å²) in [5, 5.41) is 9.94. The van der Waals surface area contributed by atoms with Crippen molar-refractivity contribution in [3.63, 3.8) is 0 Å². The number of ether oxygens (including phenoxy) is 1. The minimum Gasteiger partial charge on any atom is -0.378 e. The SMILES string of the molecule is CC(C)N1CCOCC(n2cc(NC3CCC(=O)NC3=O)cn2)C1. The van der Waals surface area contributed by atoms with Crippen molar-refractivity contribution in [2.24, 2.45) is 0 Å². The summed E-state index contributed by atoms with van der Waals surface area (Å²) < 4.78 is 7.60. The Morgan fingerprint density at radius 1 is 1.42 bits per heavy atom. The summed E-state index contributed by atoms with van der Waals surface area (Å²) in [7, 11) is 0. The molecule has 0 aromatic carbocycles. The summed E-state index contributed by atoms with van der Waals surface area (Å²) in [5.74, 6) is -0.485. The van der Waals surface area contributed by atoms with Gasteiger partial charge >= 0.3 is 0 Å². The summed E-state index contributed by atoms with van der Waals surface area (Å²) >= 11 is 0. The number of hydrogen-bond donors (Lipinski definition) is 2. The van der Waals surface area contributed by atoms with Gasteiger partial charge in [-0.15, -0.1) is 0 Å². The molecule has 0 aliphatic carbocycles. The zero-order valence-electron chi connectivity index (χ0n) is 14.2. The van der Waals surface area contributed by atoms with Crippen molar-refractivity contribution in [1.82, 2.24) is 20.0 Å². The van der Waals surface area contributed by atoms with Crippen LogP contribution in [0.2, 0.25) is 0 Å². The number of aromatic nitrogens is 2. The molecule has 2 N–H and O–H groups in total. The second-order valence-corrected chi connectivity index (χ2v) is 6.67. The van der Waals surface area contributed by atoms with Crippen LogP contribution in [0.1, 0.15) is 32.7 Å². The highest BCUT2D eigenvalue weighted by Gasteiger charge is 2.27. The molecule has 3 heterocycles. The van der Waals surface area contributed by atoms with Crippen LogP contribution < -0.4 is 10.6 Å². The van der Waals surface area contributed by atoms with Crippen molar-refractivity contribution < 1.29 is 14.3 Å². The van der Waals surface area contributed by atoms with Gasteiger partial charge in [-0.2, -0.15) is 5.10 Å². The van der Waals surface area contributed by atoms with E-state index in [-0.39, 0.29) is 17.9 Å². The highest BCUT2D eigenvalue weighted by Crippen LogP contribution is 2.18. The van der Waals surface area contributed by atoms with E-state index in [1.54, 1.807) is 6.20 Å². The molecule has 2 atom stereocenters. The molecule has 2 fully saturated rings. The van der Waals surface area contributed by atoms with Gasteiger partial charge in [-0.25, -0.2) is 0 Å². The molecule has 3 rings (SSSR count). The third-order valence-electron chi connectivity index (χ3n) is 4.56. The Labute approximate surface area is 141 Å². The first-order valence-electron chi connectivity index (χ1n) is 8.49. The van der Waals surface area contributed by atoms with Crippen LogP contribution in [0.15, 0.2) is 12.4 Å². The second-order valence-electron chi connectivity index (χ2n) is 6.67. The fourth-order valence-electron chi connectivity index (χ4n) is 3.09. The molecule has 2 unspecified atom stereocenters. The number of nitrogens with zero attached hydrogens (tertiary/aromatic N) is 3. The Morgan fingerprint density at radius 3 is 3.00 bits per heavy atom. The van der Waals surface area contributed by atoms with E-state index < -0.39 is 6.04 Å². The highest BCUT2D eigenvalue weighted by molar-refractivity contribution is 6.01. The van der Waals surface area contributed by atoms with Crippen LogP contribution in [0, 0.1) is 0 Å². The van der Waals surface area contributed by atoms with E-state index in [4.69, 9.17) is 4.74 Å². The van der Waals surface area contributed by atoms with Crippen LogP contribution in [-0.4, -0.2) is 64.9 Å². The quantitative estimate of drug-likeness (QED) is 0.774. The topological polar surface area (TPSA) is 88.5 Å². The number of piperidine rings is 1. The molecule has 24 heavy (non-hydrogen) atoms. The predicted octanol–water partition coefficient (Wildman–Crippen LogP) is 0.382. The maximum absolute atomic E-state index is 11.8. The lowest BCUT2D eigenvalue weighted by Crippen LogP contribution is -2.47. The summed E-state index contributed by atoms with van der Waals surface area (Å²) in [6.45, 7) is 7.54. The van der Waals surface area contributed by atoms with E-state index in [0.29, 0.717) is 25.5 Å². The third kappa shape index (κ3) is 3.93. The summed E-state index contributed by atoms with van der Waals surface area (Å²) in [6, 6.07) is 0.218. The second kappa shape index (κ2) is 7.31. The molecule has 8 heteroatoms. The van der Waals surface area contributed by atoms with Gasteiger partial charge in [0.15, 0.2) is 0 Å². The van der Waals surface area contributed by atoms with Crippen molar-refractivity contribution in [3.05, 3.63) is 12.4 Å². The highest BCUT2D eigenvalue weighted by atomic mass is 16.5. The molecule has 2 aliphatic rings. The maximum Gasteiger partial charge on any atom is 0.249 e. The third-order valence-corrected chi connectivity index (χ3v) is 4.56. The standard InChI is InChI=1S/C16H25N5O3/c1-11(2)20-5-6-24-10-13(9-20)21-8-12(7-17-21)18-14-3-4-15(22)19-16(14)23/h7-8,11,13-14,18H,3-6,9-10H2,1-2H3,(H,19,22,23). The van der Waals surface area contributed by atoms with Crippen LogP contribution in [-0.2, 0) is 14.3 Å². The van der Waals surface area contributed by atoms with Gasteiger partial charge in [-0.1, -0.05) is 0 Å². The smallest absolute Gasteiger partial charge is 0.249 e. The van der Waals surface area contributed by atoms with E-state index in [1.807, 2.05) is 10.9 Å². The zero-order valence-corrected chi connectivity index (χ0v) is 14.2. The number of imide groups is 1. The van der Waals surface area contributed by atoms with Gasteiger partial charge in [0.1, 0.15) is 6.04 Å². The maximum atomic E-state index is 11.8. The fraction of sp³-hybridized carbons (Fsp3) is 0.688. The molecular formula is C16H25N5O3. The molecule has 2 aliphatic heterocycles. The van der Waals surface area contributed by atoms with Gasteiger partial charge in [0.25, 0.3) is 0 Å². The molecule has 1 aromatic heterocycles. The number of carbonyl (C=O) groups is 2. The Hall–Kier alpha value is -1.93. The normalized spacial score (nSPS) is 26.3. The van der Waals surface area contributed by atoms with E-state index in [9.17, 15) is 9.59 Å². The Balaban J connectivity index is 1.64. The predicted molar refractivity (Wildman–Crippen MR) is 88.6 cm³/mol. The van der Waals surface area contributed by atoms with E-state index in [2.05, 4.69) is 34.5 Å². The van der Waals surface area contributed by atoms with E-state index in [1.165, 1.54) is 0 Å². The largest absolute Gasteiger partial charge is 0.378 e. The molecule has 0 radical (unpaired) electrons. The number of amides is 2.